The van der Waals surface area contributed by atoms with E-state index >= 15 is 0 Å². The minimum Gasteiger partial charge on any atom is -0.480 e. The Morgan fingerprint density at radius 3 is 2.37 bits per heavy atom. The van der Waals surface area contributed by atoms with Crippen molar-refractivity contribution in [3.05, 3.63) is 35.4 Å². The summed E-state index contributed by atoms with van der Waals surface area (Å²) in [6.45, 7) is 2.29. The van der Waals surface area contributed by atoms with E-state index in [2.05, 4.69) is 0 Å². The maximum absolute atomic E-state index is 11.1. The first-order chi connectivity index (χ1) is 8.99. The molecule has 2 rings (SSSR count). The van der Waals surface area contributed by atoms with Crippen molar-refractivity contribution in [3.63, 3.8) is 0 Å². The highest BCUT2D eigenvalue weighted by Gasteiger charge is 2.34. The molecule has 0 aromatic heterocycles. The maximum Gasteiger partial charge on any atom is 0.320 e. The Hall–Kier alpha value is -1.88. The molecular weight excluding hydrogens is 244 g/mol. The van der Waals surface area contributed by atoms with Crippen molar-refractivity contribution in [2.45, 2.75) is 38.4 Å². The Morgan fingerprint density at radius 1 is 1.37 bits per heavy atom. The van der Waals surface area contributed by atoms with Gasteiger partial charge in [-0.05, 0) is 37.5 Å². The predicted molar refractivity (Wildman–Crippen MR) is 70.6 cm³/mol. The van der Waals surface area contributed by atoms with E-state index in [-0.39, 0.29) is 0 Å². The van der Waals surface area contributed by atoms with Gasteiger partial charge in [-0.15, -0.1) is 0 Å². The van der Waals surface area contributed by atoms with Crippen LogP contribution in [0.3, 0.4) is 0 Å². The number of aliphatic carboxylic acids is 1. The number of benzene rings is 1. The summed E-state index contributed by atoms with van der Waals surface area (Å²) in [5, 5.41) is 9.12. The van der Waals surface area contributed by atoms with Crippen LogP contribution in [-0.2, 0) is 11.3 Å². The fraction of sp³-hybridized carbons (Fsp3) is 0.429. The third-order valence-corrected chi connectivity index (χ3v) is 3.47. The number of amides is 1. The summed E-state index contributed by atoms with van der Waals surface area (Å²) in [6, 6.07) is 6.86. The van der Waals surface area contributed by atoms with Crippen LogP contribution in [0.4, 0.5) is 0 Å². The second-order valence-corrected chi connectivity index (χ2v) is 4.98. The van der Waals surface area contributed by atoms with Gasteiger partial charge in [-0.25, -0.2) is 0 Å². The number of carboxylic acids is 1. The Bertz CT molecular complexity index is 480. The number of carboxylic acid groups (broad SMARTS) is 1. The lowest BCUT2D eigenvalue weighted by atomic mass is 10.1. The summed E-state index contributed by atoms with van der Waals surface area (Å²) in [7, 11) is 0. The van der Waals surface area contributed by atoms with Gasteiger partial charge in [-0.2, -0.15) is 0 Å². The molecule has 1 aromatic rings. The zero-order valence-corrected chi connectivity index (χ0v) is 10.9. The summed E-state index contributed by atoms with van der Waals surface area (Å²) in [5.41, 5.74) is 6.64. The van der Waals surface area contributed by atoms with Crippen LogP contribution in [0.1, 0.15) is 35.7 Å². The monoisotopic (exact) mass is 262 g/mol. The van der Waals surface area contributed by atoms with Crippen molar-refractivity contribution in [3.8, 4) is 0 Å². The minimum atomic E-state index is -0.805. The first kappa shape index (κ1) is 13.5. The number of nitrogens with two attached hydrogens (primary N) is 1. The third kappa shape index (κ3) is 3.32. The van der Waals surface area contributed by atoms with E-state index in [4.69, 9.17) is 10.8 Å². The van der Waals surface area contributed by atoms with Crippen molar-refractivity contribution < 1.29 is 14.7 Å². The third-order valence-electron chi connectivity index (χ3n) is 3.47. The first-order valence-electron chi connectivity index (χ1n) is 6.36. The molecular formula is C14H18N2O3. The molecule has 3 N–H and O–H groups in total. The SMILES string of the molecule is CC(C(=O)O)N(Cc1ccc(C(N)=O)cc1)C1CC1. The zero-order chi connectivity index (χ0) is 14.0. The van der Waals surface area contributed by atoms with E-state index < -0.39 is 17.9 Å². The van der Waals surface area contributed by atoms with Crippen LogP contribution in [0.2, 0.25) is 0 Å². The maximum atomic E-state index is 11.1. The van der Waals surface area contributed by atoms with Gasteiger partial charge in [0, 0.05) is 18.2 Å². The van der Waals surface area contributed by atoms with Gasteiger partial charge in [0.2, 0.25) is 5.91 Å². The van der Waals surface area contributed by atoms with Gasteiger partial charge in [0.15, 0.2) is 0 Å². The summed E-state index contributed by atoms with van der Waals surface area (Å²) in [4.78, 5) is 24.1. The Morgan fingerprint density at radius 2 is 1.95 bits per heavy atom. The average Bonchev–Trinajstić information content (AvgIpc) is 3.19. The highest BCUT2D eigenvalue weighted by atomic mass is 16.4. The van der Waals surface area contributed by atoms with Gasteiger partial charge in [0.1, 0.15) is 6.04 Å². The smallest absolute Gasteiger partial charge is 0.320 e. The Labute approximate surface area is 112 Å². The van der Waals surface area contributed by atoms with Gasteiger partial charge in [-0.3, -0.25) is 14.5 Å². The van der Waals surface area contributed by atoms with Gasteiger partial charge < -0.3 is 10.8 Å². The molecule has 5 heteroatoms. The molecule has 1 amide bonds. The number of rotatable bonds is 6. The number of hydrogen-bond donors (Lipinski definition) is 2. The number of hydrogen-bond acceptors (Lipinski definition) is 3. The van der Waals surface area contributed by atoms with Gasteiger partial charge in [0.25, 0.3) is 0 Å². The fourth-order valence-corrected chi connectivity index (χ4v) is 2.12. The molecule has 1 fully saturated rings. The van der Waals surface area contributed by atoms with E-state index in [9.17, 15) is 9.59 Å². The van der Waals surface area contributed by atoms with E-state index in [0.29, 0.717) is 18.2 Å². The van der Waals surface area contributed by atoms with Gasteiger partial charge in [0.05, 0.1) is 0 Å². The molecule has 1 atom stereocenters. The molecule has 0 bridgehead atoms. The lowest BCUT2D eigenvalue weighted by molar-refractivity contribution is -0.143. The van der Waals surface area contributed by atoms with Crippen molar-refractivity contribution in [2.24, 2.45) is 5.73 Å². The van der Waals surface area contributed by atoms with Crippen molar-refractivity contribution in [1.29, 1.82) is 0 Å². The summed E-state index contributed by atoms with van der Waals surface area (Å²) in [5.74, 6) is -1.26. The predicted octanol–water partition coefficient (Wildman–Crippen LogP) is 1.22. The molecule has 1 aliphatic rings. The minimum absolute atomic E-state index is 0.363. The van der Waals surface area contributed by atoms with Crippen LogP contribution in [-0.4, -0.2) is 34.0 Å². The molecule has 5 nitrogen and oxygen atoms in total. The molecule has 19 heavy (non-hydrogen) atoms. The average molecular weight is 262 g/mol. The normalized spacial score (nSPS) is 16.3. The highest BCUT2D eigenvalue weighted by molar-refractivity contribution is 5.92. The molecule has 102 valence electrons. The first-order valence-corrected chi connectivity index (χ1v) is 6.36. The second kappa shape index (κ2) is 5.40. The van der Waals surface area contributed by atoms with Crippen LogP contribution in [0.15, 0.2) is 24.3 Å². The number of nitrogens with zero attached hydrogens (tertiary/aromatic N) is 1. The van der Waals surface area contributed by atoms with E-state index in [1.807, 2.05) is 17.0 Å². The summed E-state index contributed by atoms with van der Waals surface area (Å²) in [6.07, 6.45) is 2.11. The van der Waals surface area contributed by atoms with E-state index in [1.54, 1.807) is 19.1 Å². The van der Waals surface area contributed by atoms with Crippen molar-refractivity contribution in [1.82, 2.24) is 4.90 Å². The number of carbonyl (C=O) groups excluding carboxylic acids is 1. The molecule has 0 saturated heterocycles. The molecule has 1 aliphatic carbocycles. The molecule has 0 spiro atoms. The highest BCUT2D eigenvalue weighted by Crippen LogP contribution is 2.30. The molecule has 1 unspecified atom stereocenters. The van der Waals surface area contributed by atoms with Crippen molar-refractivity contribution in [2.75, 3.05) is 0 Å². The molecule has 1 aromatic carbocycles. The van der Waals surface area contributed by atoms with E-state index in [0.717, 1.165) is 18.4 Å². The number of carbonyl (C=O) groups is 2. The lowest BCUT2D eigenvalue weighted by Crippen LogP contribution is -2.40. The Balaban J connectivity index is 2.08. The second-order valence-electron chi connectivity index (χ2n) is 4.98. The van der Waals surface area contributed by atoms with E-state index in [1.165, 1.54) is 0 Å². The zero-order valence-electron chi connectivity index (χ0n) is 10.9. The Kier molecular flexibility index (Phi) is 3.85. The summed E-state index contributed by atoms with van der Waals surface area (Å²) >= 11 is 0. The largest absolute Gasteiger partial charge is 0.480 e. The quantitative estimate of drug-likeness (QED) is 0.807. The molecule has 0 heterocycles. The molecule has 0 radical (unpaired) electrons. The van der Waals surface area contributed by atoms with Gasteiger partial charge >= 0.3 is 5.97 Å². The fourth-order valence-electron chi connectivity index (χ4n) is 2.12. The number of primary amides is 1. The lowest BCUT2D eigenvalue weighted by Gasteiger charge is -2.26. The van der Waals surface area contributed by atoms with Crippen LogP contribution in [0.25, 0.3) is 0 Å². The molecule has 1 saturated carbocycles. The standard InChI is InChI=1S/C14H18N2O3/c1-9(14(18)19)16(12-6-7-12)8-10-2-4-11(5-3-10)13(15)17/h2-5,9,12H,6-8H2,1H3,(H2,15,17)(H,18,19). The topological polar surface area (TPSA) is 83.6 Å². The van der Waals surface area contributed by atoms with Crippen LogP contribution in [0, 0.1) is 0 Å². The van der Waals surface area contributed by atoms with Crippen molar-refractivity contribution >= 4 is 11.9 Å². The van der Waals surface area contributed by atoms with Crippen LogP contribution < -0.4 is 5.73 Å². The van der Waals surface area contributed by atoms with Gasteiger partial charge in [-0.1, -0.05) is 12.1 Å². The molecule has 0 aliphatic heterocycles. The summed E-state index contributed by atoms with van der Waals surface area (Å²) < 4.78 is 0. The van der Waals surface area contributed by atoms with Crippen LogP contribution in [0.5, 0.6) is 0 Å². The van der Waals surface area contributed by atoms with Crippen LogP contribution >= 0.6 is 0 Å².